The van der Waals surface area contributed by atoms with Crippen LogP contribution in [0.3, 0.4) is 0 Å². The number of hydrogen-bond acceptors (Lipinski definition) is 3. The first-order valence-corrected chi connectivity index (χ1v) is 27.8. The zero-order chi connectivity index (χ0) is 46.3. The Morgan fingerprint density at radius 1 is 0.391 bits per heavy atom. The summed E-state index contributed by atoms with van der Waals surface area (Å²) in [7, 11) is 0. The Labute approximate surface area is 399 Å². The summed E-state index contributed by atoms with van der Waals surface area (Å²) in [4.78, 5) is 12.5. The average Bonchev–Trinajstić information content (AvgIpc) is 3.30. The fourth-order valence-electron chi connectivity index (χ4n) is 8.14. The molecule has 0 aliphatic rings. The van der Waals surface area contributed by atoms with E-state index in [4.69, 9.17) is 0 Å². The maximum absolute atomic E-state index is 12.5. The third-order valence-electron chi connectivity index (χ3n) is 12.3. The molecule has 370 valence electrons. The monoisotopic (exact) mass is 890 g/mol. The average molecular weight is 891 g/mol. The summed E-state index contributed by atoms with van der Waals surface area (Å²) in [6.45, 7) is 4.19. The molecule has 0 spiro atoms. The molecule has 2 atom stereocenters. The Kier molecular flexibility index (Phi) is 52.8. The van der Waals surface area contributed by atoms with E-state index in [0.29, 0.717) is 6.42 Å². The number of hydrogen-bond donors (Lipinski definition) is 3. The lowest BCUT2D eigenvalue weighted by molar-refractivity contribution is -0.123. The van der Waals surface area contributed by atoms with Crippen LogP contribution in [-0.4, -0.2) is 34.9 Å². The molecule has 3 N–H and O–H groups in total. The minimum atomic E-state index is -0.873. The SMILES string of the molecule is CC/C=C\C/C=C\C/C=C\C/C=C\CCCCCCCCCCCCCCCCCCCCCCC(=O)NC(CO)C(O)/C=C/CC/C=C/CC/C=C/CCCCCCCCCCC. The van der Waals surface area contributed by atoms with Crippen molar-refractivity contribution in [2.24, 2.45) is 0 Å². The van der Waals surface area contributed by atoms with Gasteiger partial charge in [0.05, 0.1) is 18.8 Å². The normalized spacial score (nSPS) is 13.5. The molecular weight excluding hydrogens is 783 g/mol. The van der Waals surface area contributed by atoms with Gasteiger partial charge in [-0.25, -0.2) is 0 Å². The highest BCUT2D eigenvalue weighted by Crippen LogP contribution is 2.16. The molecule has 0 rings (SSSR count). The molecule has 4 heteroatoms. The Bertz CT molecular complexity index is 1150. The molecule has 0 saturated heterocycles. The van der Waals surface area contributed by atoms with E-state index in [1.54, 1.807) is 6.08 Å². The number of amides is 1. The van der Waals surface area contributed by atoms with Crippen molar-refractivity contribution in [1.29, 1.82) is 0 Å². The molecule has 0 heterocycles. The van der Waals surface area contributed by atoms with E-state index in [2.05, 4.69) is 92.1 Å². The van der Waals surface area contributed by atoms with Crippen LogP contribution in [0, 0.1) is 0 Å². The van der Waals surface area contributed by atoms with Crippen LogP contribution in [-0.2, 0) is 4.79 Å². The molecule has 0 aromatic rings. The van der Waals surface area contributed by atoms with E-state index in [1.165, 1.54) is 186 Å². The zero-order valence-corrected chi connectivity index (χ0v) is 42.5. The van der Waals surface area contributed by atoms with E-state index >= 15 is 0 Å². The minimum Gasteiger partial charge on any atom is -0.394 e. The molecule has 2 unspecified atom stereocenters. The molecule has 0 fully saturated rings. The van der Waals surface area contributed by atoms with Gasteiger partial charge in [0, 0.05) is 6.42 Å². The molecule has 0 aliphatic carbocycles. The summed E-state index contributed by atoms with van der Waals surface area (Å²) in [5.74, 6) is -0.0768. The first kappa shape index (κ1) is 61.6. The lowest BCUT2D eigenvalue weighted by atomic mass is 10.0. The highest BCUT2D eigenvalue weighted by Gasteiger charge is 2.17. The standard InChI is InChI=1S/C60H107NO3/c1-3-5-7-9-11-13-15-17-19-21-23-24-25-26-27-28-29-30-31-32-33-34-35-36-38-40-42-44-46-48-50-52-54-56-60(64)61-58(57-62)59(63)55-53-51-49-47-45-43-41-39-37-22-20-18-16-14-12-10-8-6-4-2/h5,7,11,13,17,19,23-24,37,39,45,47,53,55,58-59,62-63H,3-4,6,8-10,12,14-16,18,20-22,25-36,38,40-44,46,48-52,54,56-57H2,1-2H3,(H,61,64)/b7-5-,13-11-,19-17-,24-23-,39-37+,47-45+,55-53+. The zero-order valence-electron chi connectivity index (χ0n) is 42.5. The van der Waals surface area contributed by atoms with E-state index in [-0.39, 0.29) is 12.5 Å². The summed E-state index contributed by atoms with van der Waals surface area (Å²) >= 11 is 0. The predicted octanol–water partition coefficient (Wildman–Crippen LogP) is 18.4. The number of allylic oxidation sites excluding steroid dienone is 13. The van der Waals surface area contributed by atoms with Crippen LogP contribution in [0.4, 0.5) is 0 Å². The highest BCUT2D eigenvalue weighted by molar-refractivity contribution is 5.76. The van der Waals surface area contributed by atoms with Gasteiger partial charge in [0.15, 0.2) is 0 Å². The molecule has 0 aromatic heterocycles. The van der Waals surface area contributed by atoms with Gasteiger partial charge in [-0.1, -0.05) is 266 Å². The summed E-state index contributed by atoms with van der Waals surface area (Å²) in [5, 5.41) is 23.1. The van der Waals surface area contributed by atoms with Crippen molar-refractivity contribution in [2.75, 3.05) is 6.61 Å². The molecule has 1 amide bonds. The molecule has 64 heavy (non-hydrogen) atoms. The van der Waals surface area contributed by atoms with Crippen molar-refractivity contribution in [3.05, 3.63) is 85.1 Å². The Hall–Kier alpha value is -2.43. The first-order chi connectivity index (χ1) is 31.7. The van der Waals surface area contributed by atoms with Gasteiger partial charge in [-0.05, 0) is 83.5 Å². The lowest BCUT2D eigenvalue weighted by Crippen LogP contribution is -2.45. The van der Waals surface area contributed by atoms with Crippen LogP contribution in [0.5, 0.6) is 0 Å². The summed E-state index contributed by atoms with van der Waals surface area (Å²) in [6.07, 6.45) is 80.3. The number of carbonyl (C=O) groups excluding carboxylic acids is 1. The van der Waals surface area contributed by atoms with Crippen LogP contribution in [0.15, 0.2) is 85.1 Å². The van der Waals surface area contributed by atoms with E-state index in [0.717, 1.165) is 64.2 Å². The van der Waals surface area contributed by atoms with Crippen LogP contribution in [0.2, 0.25) is 0 Å². The van der Waals surface area contributed by atoms with Gasteiger partial charge >= 0.3 is 0 Å². The molecule has 0 radical (unpaired) electrons. The Balaban J connectivity index is 3.52. The van der Waals surface area contributed by atoms with Gasteiger partial charge in [0.2, 0.25) is 5.91 Å². The number of rotatable bonds is 50. The Morgan fingerprint density at radius 3 is 1.09 bits per heavy atom. The number of carbonyl (C=O) groups is 1. The fourth-order valence-corrected chi connectivity index (χ4v) is 8.14. The van der Waals surface area contributed by atoms with Crippen LogP contribution in [0.1, 0.15) is 271 Å². The second-order valence-electron chi connectivity index (χ2n) is 18.6. The second kappa shape index (κ2) is 54.9. The molecule has 0 saturated carbocycles. The van der Waals surface area contributed by atoms with Gasteiger partial charge in [-0.3, -0.25) is 4.79 Å². The predicted molar refractivity (Wildman–Crippen MR) is 285 cm³/mol. The number of aliphatic hydroxyl groups excluding tert-OH is 2. The number of aliphatic hydroxyl groups is 2. The quantitative estimate of drug-likeness (QED) is 0.0421. The van der Waals surface area contributed by atoms with E-state index in [1.807, 2.05) is 6.08 Å². The summed E-state index contributed by atoms with van der Waals surface area (Å²) < 4.78 is 0. The minimum absolute atomic E-state index is 0.0768. The molecule has 4 nitrogen and oxygen atoms in total. The van der Waals surface area contributed by atoms with Crippen LogP contribution < -0.4 is 5.32 Å². The van der Waals surface area contributed by atoms with Crippen molar-refractivity contribution in [1.82, 2.24) is 5.32 Å². The lowest BCUT2D eigenvalue weighted by Gasteiger charge is -2.19. The molecule has 0 aromatic carbocycles. The number of unbranched alkanes of at least 4 members (excludes halogenated alkanes) is 31. The van der Waals surface area contributed by atoms with Crippen molar-refractivity contribution in [3.63, 3.8) is 0 Å². The van der Waals surface area contributed by atoms with Crippen molar-refractivity contribution in [3.8, 4) is 0 Å². The highest BCUT2D eigenvalue weighted by atomic mass is 16.3. The third kappa shape index (κ3) is 50.6. The maximum atomic E-state index is 12.5. The second-order valence-corrected chi connectivity index (χ2v) is 18.6. The Morgan fingerprint density at radius 2 is 0.703 bits per heavy atom. The first-order valence-electron chi connectivity index (χ1n) is 27.8. The van der Waals surface area contributed by atoms with Gasteiger partial charge in [0.25, 0.3) is 0 Å². The third-order valence-corrected chi connectivity index (χ3v) is 12.3. The topological polar surface area (TPSA) is 69.6 Å². The van der Waals surface area contributed by atoms with Crippen molar-refractivity contribution in [2.45, 2.75) is 283 Å². The fraction of sp³-hybridized carbons (Fsp3) is 0.750. The molecular formula is C60H107NO3. The van der Waals surface area contributed by atoms with Crippen LogP contribution >= 0.6 is 0 Å². The van der Waals surface area contributed by atoms with Crippen molar-refractivity contribution >= 4 is 5.91 Å². The number of nitrogens with one attached hydrogen (secondary N) is 1. The maximum Gasteiger partial charge on any atom is 0.220 e. The van der Waals surface area contributed by atoms with E-state index in [9.17, 15) is 15.0 Å². The van der Waals surface area contributed by atoms with Gasteiger partial charge in [-0.15, -0.1) is 0 Å². The van der Waals surface area contributed by atoms with Gasteiger partial charge in [0.1, 0.15) is 0 Å². The smallest absolute Gasteiger partial charge is 0.220 e. The largest absolute Gasteiger partial charge is 0.394 e. The van der Waals surface area contributed by atoms with Crippen LogP contribution in [0.25, 0.3) is 0 Å². The van der Waals surface area contributed by atoms with E-state index < -0.39 is 12.1 Å². The molecule has 0 bridgehead atoms. The molecule has 0 aliphatic heterocycles. The summed E-state index contributed by atoms with van der Waals surface area (Å²) in [6, 6.07) is -0.648. The van der Waals surface area contributed by atoms with Gasteiger partial charge < -0.3 is 15.5 Å². The summed E-state index contributed by atoms with van der Waals surface area (Å²) in [5.41, 5.74) is 0. The van der Waals surface area contributed by atoms with Crippen molar-refractivity contribution < 1.29 is 15.0 Å². The van der Waals surface area contributed by atoms with Gasteiger partial charge in [-0.2, -0.15) is 0 Å².